The normalized spacial score (nSPS) is 11.8. The van der Waals surface area contributed by atoms with Gasteiger partial charge in [0.05, 0.1) is 27.7 Å². The van der Waals surface area contributed by atoms with E-state index in [2.05, 4.69) is 9.97 Å². The number of rotatable bonds is 6. The highest BCUT2D eigenvalue weighted by Crippen LogP contribution is 2.28. The van der Waals surface area contributed by atoms with Crippen LogP contribution in [0, 0.1) is 0 Å². The van der Waals surface area contributed by atoms with Crippen LogP contribution in [0.2, 0.25) is 5.02 Å². The van der Waals surface area contributed by atoms with E-state index in [1.165, 1.54) is 11.8 Å². The topological polar surface area (TPSA) is 52.7 Å². The first-order chi connectivity index (χ1) is 14.0. The van der Waals surface area contributed by atoms with Crippen LogP contribution in [0.25, 0.3) is 21.9 Å². The summed E-state index contributed by atoms with van der Waals surface area (Å²) in [4.78, 5) is 21.8. The molecule has 9 heteroatoms. The average molecular weight is 435 g/mol. The van der Waals surface area contributed by atoms with Crippen molar-refractivity contribution in [2.75, 3.05) is 0 Å². The lowest BCUT2D eigenvalue weighted by Crippen LogP contribution is -2.23. The SMILES string of the molecule is CCCn1c(SCc2nc3ccccc3n2C(F)F)nc2cc(Cl)ccc2c1=O. The first-order valence-electron chi connectivity index (χ1n) is 9.06. The second-order valence-electron chi connectivity index (χ2n) is 6.47. The third-order valence-electron chi connectivity index (χ3n) is 4.52. The van der Waals surface area contributed by atoms with E-state index in [0.717, 1.165) is 11.0 Å². The van der Waals surface area contributed by atoms with E-state index in [9.17, 15) is 13.6 Å². The molecule has 0 saturated carbocycles. The Bertz CT molecular complexity index is 1250. The monoisotopic (exact) mass is 434 g/mol. The van der Waals surface area contributed by atoms with Gasteiger partial charge in [0.1, 0.15) is 5.82 Å². The van der Waals surface area contributed by atoms with E-state index in [0.29, 0.717) is 38.7 Å². The number of para-hydroxylation sites is 2. The van der Waals surface area contributed by atoms with E-state index in [1.807, 2.05) is 6.92 Å². The molecule has 0 aliphatic heterocycles. The Morgan fingerprint density at radius 1 is 1.14 bits per heavy atom. The molecule has 5 nitrogen and oxygen atoms in total. The number of alkyl halides is 2. The summed E-state index contributed by atoms with van der Waals surface area (Å²) in [6.07, 6.45) is 0.740. The molecule has 2 aromatic heterocycles. The van der Waals surface area contributed by atoms with Gasteiger partial charge in [-0.1, -0.05) is 42.4 Å². The van der Waals surface area contributed by atoms with Crippen molar-refractivity contribution in [3.63, 3.8) is 0 Å². The number of nitrogens with zero attached hydrogens (tertiary/aromatic N) is 4. The van der Waals surface area contributed by atoms with Crippen LogP contribution in [0.4, 0.5) is 8.78 Å². The molecule has 150 valence electrons. The minimum atomic E-state index is -2.71. The number of hydrogen-bond donors (Lipinski definition) is 0. The molecule has 2 aromatic carbocycles. The number of halogens is 3. The fraction of sp³-hybridized carbons (Fsp3) is 0.250. The Hall–Kier alpha value is -2.45. The van der Waals surface area contributed by atoms with Crippen LogP contribution in [-0.4, -0.2) is 19.1 Å². The van der Waals surface area contributed by atoms with Gasteiger partial charge in [0.2, 0.25) is 0 Å². The molecule has 4 rings (SSSR count). The summed E-state index contributed by atoms with van der Waals surface area (Å²) in [6, 6.07) is 11.7. The summed E-state index contributed by atoms with van der Waals surface area (Å²) < 4.78 is 29.8. The van der Waals surface area contributed by atoms with Crippen molar-refractivity contribution in [3.8, 4) is 0 Å². The Balaban J connectivity index is 1.77. The molecule has 0 aliphatic rings. The molecule has 0 radical (unpaired) electrons. The molecule has 0 fully saturated rings. The van der Waals surface area contributed by atoms with Crippen molar-refractivity contribution in [3.05, 3.63) is 63.7 Å². The van der Waals surface area contributed by atoms with Crippen LogP contribution in [0.1, 0.15) is 25.7 Å². The zero-order chi connectivity index (χ0) is 20.5. The number of fused-ring (bicyclic) bond motifs is 2. The van der Waals surface area contributed by atoms with Gasteiger partial charge in [0, 0.05) is 11.6 Å². The smallest absolute Gasteiger partial charge is 0.287 e. The zero-order valence-corrected chi connectivity index (χ0v) is 17.1. The van der Waals surface area contributed by atoms with Gasteiger partial charge in [0.15, 0.2) is 5.16 Å². The predicted octanol–water partition coefficient (Wildman–Crippen LogP) is 5.50. The van der Waals surface area contributed by atoms with Gasteiger partial charge in [-0.3, -0.25) is 13.9 Å². The van der Waals surface area contributed by atoms with Crippen molar-refractivity contribution in [1.29, 1.82) is 0 Å². The maximum absolute atomic E-state index is 13.7. The lowest BCUT2D eigenvalue weighted by atomic mass is 10.2. The van der Waals surface area contributed by atoms with Crippen molar-refractivity contribution in [2.45, 2.75) is 37.3 Å². The third kappa shape index (κ3) is 3.74. The van der Waals surface area contributed by atoms with Crippen molar-refractivity contribution in [1.82, 2.24) is 19.1 Å². The molecule has 0 atom stereocenters. The van der Waals surface area contributed by atoms with Gasteiger partial charge < -0.3 is 0 Å². The van der Waals surface area contributed by atoms with Crippen molar-refractivity contribution >= 4 is 45.3 Å². The molecule has 0 N–H and O–H groups in total. The molecule has 4 aromatic rings. The number of imidazole rings is 1. The van der Waals surface area contributed by atoms with E-state index in [-0.39, 0.29) is 17.1 Å². The van der Waals surface area contributed by atoms with Gasteiger partial charge in [0.25, 0.3) is 5.56 Å². The van der Waals surface area contributed by atoms with E-state index < -0.39 is 6.55 Å². The summed E-state index contributed by atoms with van der Waals surface area (Å²) in [5.41, 5.74) is 1.20. The fourth-order valence-electron chi connectivity index (χ4n) is 3.25. The highest BCUT2D eigenvalue weighted by Gasteiger charge is 2.19. The largest absolute Gasteiger partial charge is 0.320 e. The molecule has 0 aliphatic carbocycles. The first-order valence-corrected chi connectivity index (χ1v) is 10.4. The maximum Gasteiger partial charge on any atom is 0.320 e. The second kappa shape index (κ2) is 8.12. The summed E-state index contributed by atoms with van der Waals surface area (Å²) >= 11 is 7.26. The highest BCUT2D eigenvalue weighted by molar-refractivity contribution is 7.98. The number of benzene rings is 2. The lowest BCUT2D eigenvalue weighted by molar-refractivity contribution is 0.0722. The molecule has 29 heavy (non-hydrogen) atoms. The minimum absolute atomic E-state index is 0.154. The van der Waals surface area contributed by atoms with Gasteiger partial charge >= 0.3 is 6.55 Å². The predicted molar refractivity (Wildman–Crippen MR) is 112 cm³/mol. The number of aromatic nitrogens is 4. The molecule has 0 amide bonds. The van der Waals surface area contributed by atoms with Crippen LogP contribution in [0.3, 0.4) is 0 Å². The highest BCUT2D eigenvalue weighted by atomic mass is 35.5. The summed E-state index contributed by atoms with van der Waals surface area (Å²) in [5, 5.41) is 1.42. The summed E-state index contributed by atoms with van der Waals surface area (Å²) in [5.74, 6) is 0.385. The Morgan fingerprint density at radius 3 is 2.69 bits per heavy atom. The van der Waals surface area contributed by atoms with Gasteiger partial charge in [-0.2, -0.15) is 8.78 Å². The lowest BCUT2D eigenvalue weighted by Gasteiger charge is -2.13. The van der Waals surface area contributed by atoms with Crippen molar-refractivity contribution in [2.24, 2.45) is 0 Å². The Labute approximate surface area is 174 Å². The second-order valence-corrected chi connectivity index (χ2v) is 7.84. The van der Waals surface area contributed by atoms with Gasteiger partial charge in [-0.05, 0) is 36.8 Å². The van der Waals surface area contributed by atoms with E-state index in [1.54, 1.807) is 47.0 Å². The Morgan fingerprint density at radius 2 is 1.93 bits per heavy atom. The van der Waals surface area contributed by atoms with E-state index >= 15 is 0 Å². The molecule has 0 unspecified atom stereocenters. The number of thioether (sulfide) groups is 1. The standard InChI is InChI=1S/C20H17ClF2N4OS/c1-2-9-26-18(28)13-8-7-12(21)10-15(13)25-20(26)29-11-17-24-14-5-3-4-6-16(14)27(17)19(22)23/h3-8,10,19H,2,9,11H2,1H3. The van der Waals surface area contributed by atoms with Crippen LogP contribution < -0.4 is 5.56 Å². The Kier molecular flexibility index (Phi) is 5.56. The first kappa shape index (κ1) is 19.8. The van der Waals surface area contributed by atoms with E-state index in [4.69, 9.17) is 11.6 Å². The molecular formula is C20H17ClF2N4OS. The quantitative estimate of drug-likeness (QED) is 0.297. The molecule has 2 heterocycles. The van der Waals surface area contributed by atoms with Crippen LogP contribution in [-0.2, 0) is 12.3 Å². The van der Waals surface area contributed by atoms with Gasteiger partial charge in [-0.15, -0.1) is 0 Å². The minimum Gasteiger partial charge on any atom is -0.287 e. The van der Waals surface area contributed by atoms with Gasteiger partial charge in [-0.25, -0.2) is 9.97 Å². The molecule has 0 bridgehead atoms. The zero-order valence-electron chi connectivity index (χ0n) is 15.5. The summed E-state index contributed by atoms with van der Waals surface area (Å²) in [7, 11) is 0. The molecule has 0 spiro atoms. The van der Waals surface area contributed by atoms with Crippen LogP contribution >= 0.6 is 23.4 Å². The summed E-state index contributed by atoms with van der Waals surface area (Å²) in [6.45, 7) is -0.263. The van der Waals surface area contributed by atoms with Crippen LogP contribution in [0.5, 0.6) is 0 Å². The molecule has 0 saturated heterocycles. The van der Waals surface area contributed by atoms with Crippen LogP contribution in [0.15, 0.2) is 52.4 Å². The molecular weight excluding hydrogens is 418 g/mol. The van der Waals surface area contributed by atoms with Crippen molar-refractivity contribution < 1.29 is 8.78 Å². The fourth-order valence-corrected chi connectivity index (χ4v) is 4.37. The average Bonchev–Trinajstić information content (AvgIpc) is 3.07. The maximum atomic E-state index is 13.7. The number of hydrogen-bond acceptors (Lipinski definition) is 4. The third-order valence-corrected chi connectivity index (χ3v) is 5.73.